The second kappa shape index (κ2) is 11.9. The number of amides is 4. The lowest BCUT2D eigenvalue weighted by molar-refractivity contribution is -0.188. The Morgan fingerprint density at radius 3 is 2.37 bits per heavy atom. The summed E-state index contributed by atoms with van der Waals surface area (Å²) in [4.78, 5) is 44.0. The van der Waals surface area contributed by atoms with Crippen LogP contribution < -0.4 is 10.1 Å². The van der Waals surface area contributed by atoms with Crippen LogP contribution in [0.25, 0.3) is 0 Å². The highest BCUT2D eigenvalue weighted by Gasteiger charge is 2.50. The Morgan fingerprint density at radius 1 is 1.05 bits per heavy atom. The van der Waals surface area contributed by atoms with Crippen LogP contribution in [0.2, 0.25) is 0 Å². The summed E-state index contributed by atoms with van der Waals surface area (Å²) in [6, 6.07) is 16.7. The largest absolute Gasteiger partial charge is 0.497 e. The quantitative estimate of drug-likeness (QED) is 0.576. The van der Waals surface area contributed by atoms with E-state index >= 15 is 0 Å². The van der Waals surface area contributed by atoms with Crippen molar-refractivity contribution in [3.8, 4) is 5.75 Å². The van der Waals surface area contributed by atoms with Crippen molar-refractivity contribution in [2.75, 3.05) is 33.8 Å². The minimum Gasteiger partial charge on any atom is -0.497 e. The Labute approximate surface area is 225 Å². The number of urea groups is 1. The van der Waals surface area contributed by atoms with Gasteiger partial charge < -0.3 is 19.9 Å². The topological polar surface area (TPSA) is 85.4 Å². The predicted octanol–water partition coefficient (Wildman–Crippen LogP) is 3.28. The first-order valence-electron chi connectivity index (χ1n) is 13.3. The summed E-state index contributed by atoms with van der Waals surface area (Å²) in [6.45, 7) is 7.34. The third kappa shape index (κ3) is 5.93. The van der Waals surface area contributed by atoms with Gasteiger partial charge in [-0.25, -0.2) is 14.8 Å². The van der Waals surface area contributed by atoms with Gasteiger partial charge in [-0.2, -0.15) is 0 Å². The number of carbonyl (C=O) groups is 3. The number of methoxy groups -OCH3 is 1. The first-order valence-corrected chi connectivity index (χ1v) is 13.3. The number of ether oxygens (including phenoxy) is 1. The minimum absolute atomic E-state index is 0.0365. The third-order valence-electron chi connectivity index (χ3n) is 7.31. The highest BCUT2D eigenvalue weighted by Crippen LogP contribution is 2.30. The molecule has 2 saturated heterocycles. The maximum absolute atomic E-state index is 13.7. The number of piperazine rings is 1. The Balaban J connectivity index is 1.57. The second-order valence-corrected chi connectivity index (χ2v) is 10.6. The molecule has 0 aromatic heterocycles. The van der Waals surface area contributed by atoms with Crippen LogP contribution in [0, 0.1) is 5.92 Å². The molecule has 0 spiro atoms. The fourth-order valence-corrected chi connectivity index (χ4v) is 5.36. The lowest BCUT2D eigenvalue weighted by Crippen LogP contribution is -2.76. The maximum atomic E-state index is 13.7. The molecule has 4 amide bonds. The molecule has 2 unspecified atom stereocenters. The molecule has 3 atom stereocenters. The fourth-order valence-electron chi connectivity index (χ4n) is 5.36. The third-order valence-corrected chi connectivity index (χ3v) is 7.31. The molecule has 2 aliphatic rings. The Kier molecular flexibility index (Phi) is 8.56. The fraction of sp³-hybridized carbons (Fsp3) is 0.483. The lowest BCUT2D eigenvalue weighted by Gasteiger charge is -2.55. The highest BCUT2D eigenvalue weighted by atomic mass is 16.5. The standard InChI is InChI=1S/C29H39N5O4/c1-20(2)15-25-28(36)32(17-21(3)23-9-7-6-8-10-23)18-26-33(25)27(35)19-31(4)34(26)29(37)30-16-22-11-13-24(38-5)14-12-22/h6-14,20-21,25-26H,15-19H2,1-5H3,(H,30,37)/t21?,25-,26?/m0/s1. The average molecular weight is 522 g/mol. The predicted molar refractivity (Wildman–Crippen MR) is 145 cm³/mol. The van der Waals surface area contributed by atoms with E-state index < -0.39 is 12.2 Å². The first-order chi connectivity index (χ1) is 18.2. The summed E-state index contributed by atoms with van der Waals surface area (Å²) >= 11 is 0. The number of likely N-dealkylation sites (N-methyl/N-ethyl adjacent to an activating group) is 1. The Hall–Kier alpha value is -3.59. The highest BCUT2D eigenvalue weighted by molar-refractivity contribution is 5.91. The van der Waals surface area contributed by atoms with Crippen molar-refractivity contribution in [3.63, 3.8) is 0 Å². The zero-order valence-electron chi connectivity index (χ0n) is 23.0. The summed E-state index contributed by atoms with van der Waals surface area (Å²) in [6.07, 6.45) is -0.0379. The number of hydrazine groups is 1. The molecule has 2 fully saturated rings. The van der Waals surface area contributed by atoms with Gasteiger partial charge in [-0.1, -0.05) is 63.2 Å². The van der Waals surface area contributed by atoms with Crippen LogP contribution in [0.15, 0.2) is 54.6 Å². The Bertz CT molecular complexity index is 1120. The second-order valence-electron chi connectivity index (χ2n) is 10.6. The lowest BCUT2D eigenvalue weighted by atomic mass is 9.95. The number of benzene rings is 2. The van der Waals surface area contributed by atoms with E-state index in [0.717, 1.165) is 16.9 Å². The molecule has 9 nitrogen and oxygen atoms in total. The van der Waals surface area contributed by atoms with Crippen LogP contribution in [0.1, 0.15) is 44.2 Å². The van der Waals surface area contributed by atoms with Crippen LogP contribution in [0.3, 0.4) is 0 Å². The number of nitrogens with zero attached hydrogens (tertiary/aromatic N) is 4. The smallest absolute Gasteiger partial charge is 0.334 e. The van der Waals surface area contributed by atoms with Crippen molar-refractivity contribution in [3.05, 3.63) is 65.7 Å². The van der Waals surface area contributed by atoms with Gasteiger partial charge in [0.2, 0.25) is 11.8 Å². The van der Waals surface area contributed by atoms with Crippen molar-refractivity contribution in [1.29, 1.82) is 0 Å². The molecule has 0 saturated carbocycles. The first kappa shape index (κ1) is 27.4. The summed E-state index contributed by atoms with van der Waals surface area (Å²) < 4.78 is 5.21. The average Bonchev–Trinajstić information content (AvgIpc) is 2.90. The van der Waals surface area contributed by atoms with E-state index in [2.05, 4.69) is 24.4 Å². The summed E-state index contributed by atoms with van der Waals surface area (Å²) in [7, 11) is 3.36. The molecule has 204 valence electrons. The SMILES string of the molecule is COc1ccc(CNC(=O)N2C3CN(CC(C)c4ccccc4)C(=O)[C@H](CC(C)C)N3C(=O)CN2C)cc1. The molecule has 2 heterocycles. The van der Waals surface area contributed by atoms with E-state index in [0.29, 0.717) is 19.5 Å². The van der Waals surface area contributed by atoms with Crippen LogP contribution in [0.4, 0.5) is 4.79 Å². The number of fused-ring (bicyclic) bond motifs is 1. The van der Waals surface area contributed by atoms with E-state index in [4.69, 9.17) is 4.74 Å². The molecule has 38 heavy (non-hydrogen) atoms. The van der Waals surface area contributed by atoms with Crippen LogP contribution in [-0.2, 0) is 16.1 Å². The number of carbonyl (C=O) groups excluding carboxylic acids is 3. The van der Waals surface area contributed by atoms with Gasteiger partial charge in [0.05, 0.1) is 20.2 Å². The van der Waals surface area contributed by atoms with Gasteiger partial charge in [-0.3, -0.25) is 9.59 Å². The number of hydrogen-bond acceptors (Lipinski definition) is 5. The van der Waals surface area contributed by atoms with Gasteiger partial charge in [-0.15, -0.1) is 0 Å². The van der Waals surface area contributed by atoms with Gasteiger partial charge in [0.1, 0.15) is 18.0 Å². The van der Waals surface area contributed by atoms with Crippen molar-refractivity contribution in [2.45, 2.75) is 51.9 Å². The summed E-state index contributed by atoms with van der Waals surface area (Å²) in [5, 5.41) is 6.26. The van der Waals surface area contributed by atoms with Crippen molar-refractivity contribution >= 4 is 17.8 Å². The summed E-state index contributed by atoms with van der Waals surface area (Å²) in [5.41, 5.74) is 2.08. The normalized spacial score (nSPS) is 20.9. The van der Waals surface area contributed by atoms with E-state index in [-0.39, 0.29) is 42.8 Å². The van der Waals surface area contributed by atoms with Crippen molar-refractivity contribution in [1.82, 2.24) is 25.1 Å². The van der Waals surface area contributed by atoms with Crippen LogP contribution >= 0.6 is 0 Å². The zero-order valence-corrected chi connectivity index (χ0v) is 23.0. The zero-order chi connectivity index (χ0) is 27.4. The molecule has 1 N–H and O–H groups in total. The molecular formula is C29H39N5O4. The van der Waals surface area contributed by atoms with Gasteiger partial charge in [0.15, 0.2) is 0 Å². The van der Waals surface area contributed by atoms with Gasteiger partial charge in [0, 0.05) is 20.1 Å². The van der Waals surface area contributed by atoms with E-state index in [9.17, 15) is 14.4 Å². The van der Waals surface area contributed by atoms with E-state index in [1.807, 2.05) is 61.2 Å². The minimum atomic E-state index is -0.602. The molecular weight excluding hydrogens is 482 g/mol. The summed E-state index contributed by atoms with van der Waals surface area (Å²) in [5.74, 6) is 0.889. The van der Waals surface area contributed by atoms with Gasteiger partial charge >= 0.3 is 6.03 Å². The van der Waals surface area contributed by atoms with Crippen molar-refractivity contribution in [2.24, 2.45) is 5.92 Å². The van der Waals surface area contributed by atoms with E-state index in [1.165, 1.54) is 0 Å². The number of nitrogens with one attached hydrogen (secondary N) is 1. The molecule has 9 heteroatoms. The Morgan fingerprint density at radius 2 is 1.74 bits per heavy atom. The monoisotopic (exact) mass is 521 g/mol. The van der Waals surface area contributed by atoms with Gasteiger partial charge in [0.25, 0.3) is 0 Å². The maximum Gasteiger partial charge on any atom is 0.334 e. The number of rotatable bonds is 8. The van der Waals surface area contributed by atoms with Crippen molar-refractivity contribution < 1.29 is 19.1 Å². The van der Waals surface area contributed by atoms with Crippen LogP contribution in [-0.4, -0.2) is 83.7 Å². The van der Waals surface area contributed by atoms with E-state index in [1.54, 1.807) is 29.1 Å². The molecule has 0 aliphatic carbocycles. The molecule has 2 aromatic rings. The van der Waals surface area contributed by atoms with Crippen LogP contribution in [0.5, 0.6) is 5.75 Å². The molecule has 2 aliphatic heterocycles. The van der Waals surface area contributed by atoms with Gasteiger partial charge in [-0.05, 0) is 41.5 Å². The molecule has 0 bridgehead atoms. The molecule has 4 rings (SSSR count). The number of hydrogen-bond donors (Lipinski definition) is 1. The molecule has 0 radical (unpaired) electrons. The molecule has 2 aromatic carbocycles.